The van der Waals surface area contributed by atoms with E-state index >= 15 is 0 Å². The highest BCUT2D eigenvalue weighted by Gasteiger charge is 2.19. The molecule has 110 valence electrons. The monoisotopic (exact) mass is 320 g/mol. The van der Waals surface area contributed by atoms with Crippen LogP contribution < -0.4 is 0 Å². The van der Waals surface area contributed by atoms with E-state index < -0.39 is 11.2 Å². The van der Waals surface area contributed by atoms with Crippen molar-refractivity contribution < 1.29 is 9.90 Å². The number of halogens is 1. The molecule has 0 unspecified atom stereocenters. The Morgan fingerprint density at radius 1 is 1.14 bits per heavy atom. The van der Waals surface area contributed by atoms with Crippen molar-refractivity contribution in [1.82, 2.24) is 0 Å². The first-order valence-electron chi connectivity index (χ1n) is 6.66. The van der Waals surface area contributed by atoms with Gasteiger partial charge >= 0.3 is 5.97 Å². The Bertz CT molecular complexity index is 617. The molecule has 21 heavy (non-hydrogen) atoms. The first-order valence-corrected chi connectivity index (χ1v) is 7.92. The molecule has 2 aromatic rings. The lowest BCUT2D eigenvalue weighted by Crippen LogP contribution is -2.19. The molecule has 0 spiro atoms. The number of benzene rings is 2. The van der Waals surface area contributed by atoms with Gasteiger partial charge in [-0.1, -0.05) is 40.9 Å². The van der Waals surface area contributed by atoms with Crippen LogP contribution in [-0.4, -0.2) is 16.3 Å². The van der Waals surface area contributed by atoms with Crippen molar-refractivity contribution >= 4 is 29.3 Å². The third kappa shape index (κ3) is 4.80. The minimum Gasteiger partial charge on any atom is -0.480 e. The van der Waals surface area contributed by atoms with E-state index in [1.165, 1.54) is 11.8 Å². The molecule has 1 N–H and O–H groups in total. The predicted octanol–water partition coefficient (Wildman–Crippen LogP) is 4.74. The maximum atomic E-state index is 11.5. The summed E-state index contributed by atoms with van der Waals surface area (Å²) in [5.74, 6) is -0.797. The average Bonchev–Trinajstić information content (AvgIpc) is 2.39. The Hall–Kier alpha value is -1.45. The zero-order chi connectivity index (χ0) is 15.4. The van der Waals surface area contributed by atoms with E-state index in [1.54, 1.807) is 12.1 Å². The van der Waals surface area contributed by atoms with Crippen LogP contribution in [-0.2, 0) is 11.2 Å². The Morgan fingerprint density at radius 2 is 1.71 bits per heavy atom. The van der Waals surface area contributed by atoms with Crippen LogP contribution >= 0.6 is 23.4 Å². The van der Waals surface area contributed by atoms with Gasteiger partial charge < -0.3 is 5.11 Å². The molecule has 0 aliphatic rings. The van der Waals surface area contributed by atoms with Crippen LogP contribution in [0.25, 0.3) is 0 Å². The number of carboxylic acids is 1. The summed E-state index contributed by atoms with van der Waals surface area (Å²) in [4.78, 5) is 12.4. The first kappa shape index (κ1) is 15.9. The minimum atomic E-state index is -0.797. The largest absolute Gasteiger partial charge is 0.480 e. The smallest absolute Gasteiger partial charge is 0.317 e. The number of carboxylic acid groups (broad SMARTS) is 1. The van der Waals surface area contributed by atoms with Gasteiger partial charge in [-0.25, -0.2) is 0 Å². The second kappa shape index (κ2) is 7.01. The highest BCUT2D eigenvalue weighted by molar-refractivity contribution is 8.00. The summed E-state index contributed by atoms with van der Waals surface area (Å²) in [6.07, 6.45) is 0.505. The van der Waals surface area contributed by atoms with Gasteiger partial charge in [0.1, 0.15) is 5.25 Å². The van der Waals surface area contributed by atoms with Crippen LogP contribution in [0.3, 0.4) is 0 Å². The maximum Gasteiger partial charge on any atom is 0.317 e. The first-order chi connectivity index (χ1) is 9.94. The summed E-state index contributed by atoms with van der Waals surface area (Å²) in [5.41, 5.74) is 3.37. The number of hydrogen-bond donors (Lipinski definition) is 1. The molecule has 1 atom stereocenters. The lowest BCUT2D eigenvalue weighted by atomic mass is 10.0. The van der Waals surface area contributed by atoms with Crippen molar-refractivity contribution in [2.24, 2.45) is 0 Å². The molecule has 0 saturated carbocycles. The molecule has 4 heteroatoms. The van der Waals surface area contributed by atoms with Gasteiger partial charge in [0.05, 0.1) is 0 Å². The van der Waals surface area contributed by atoms with Crippen LogP contribution in [0.1, 0.15) is 16.7 Å². The van der Waals surface area contributed by atoms with Crippen LogP contribution in [0.4, 0.5) is 0 Å². The van der Waals surface area contributed by atoms with E-state index in [0.717, 1.165) is 21.6 Å². The normalized spacial score (nSPS) is 12.1. The average molecular weight is 321 g/mol. The van der Waals surface area contributed by atoms with Gasteiger partial charge in [-0.05, 0) is 50.1 Å². The third-order valence-electron chi connectivity index (χ3n) is 3.07. The molecule has 0 aromatic heterocycles. The van der Waals surface area contributed by atoms with Gasteiger partial charge in [0.15, 0.2) is 0 Å². The number of rotatable bonds is 5. The molecule has 0 fully saturated rings. The molecule has 2 rings (SSSR count). The molecule has 2 nitrogen and oxygen atoms in total. The SMILES string of the molecule is Cc1cc(C)cc(C[C@@H](Sc2ccc(Cl)cc2)C(=O)O)c1. The molecule has 0 saturated heterocycles. The molecule has 0 radical (unpaired) electrons. The molecule has 0 heterocycles. The lowest BCUT2D eigenvalue weighted by Gasteiger charge is -2.13. The van der Waals surface area contributed by atoms with Gasteiger partial charge in [0, 0.05) is 9.92 Å². The van der Waals surface area contributed by atoms with E-state index in [-0.39, 0.29) is 0 Å². The molecule has 0 amide bonds. The topological polar surface area (TPSA) is 37.3 Å². The Labute approximate surface area is 134 Å². The van der Waals surface area contributed by atoms with E-state index in [2.05, 4.69) is 6.07 Å². The zero-order valence-corrected chi connectivity index (χ0v) is 13.5. The fraction of sp³-hybridized carbons (Fsp3) is 0.235. The van der Waals surface area contributed by atoms with Crippen LogP contribution in [0, 0.1) is 13.8 Å². The van der Waals surface area contributed by atoms with Crippen LogP contribution in [0.15, 0.2) is 47.4 Å². The summed E-state index contributed by atoms with van der Waals surface area (Å²) in [7, 11) is 0. The van der Waals surface area contributed by atoms with Crippen molar-refractivity contribution in [1.29, 1.82) is 0 Å². The number of thioether (sulfide) groups is 1. The molecular formula is C17H17ClO2S. The second-order valence-corrected chi connectivity index (χ2v) is 6.81. The van der Waals surface area contributed by atoms with Crippen molar-refractivity contribution in [2.75, 3.05) is 0 Å². The highest BCUT2D eigenvalue weighted by Crippen LogP contribution is 2.27. The molecule has 0 aliphatic heterocycles. The van der Waals surface area contributed by atoms with Gasteiger partial charge in [0.2, 0.25) is 0 Å². The highest BCUT2D eigenvalue weighted by atomic mass is 35.5. The van der Waals surface area contributed by atoms with Gasteiger partial charge in [0.25, 0.3) is 0 Å². The summed E-state index contributed by atoms with van der Waals surface area (Å²) < 4.78 is 0. The number of aliphatic carboxylic acids is 1. The van der Waals surface area contributed by atoms with Gasteiger partial charge in [-0.3, -0.25) is 4.79 Å². The Morgan fingerprint density at radius 3 is 2.24 bits per heavy atom. The Kier molecular flexibility index (Phi) is 5.32. The summed E-state index contributed by atoms with van der Waals surface area (Å²) >= 11 is 7.20. The fourth-order valence-electron chi connectivity index (χ4n) is 2.26. The van der Waals surface area contributed by atoms with Crippen molar-refractivity contribution in [3.8, 4) is 0 Å². The lowest BCUT2D eigenvalue weighted by molar-refractivity contribution is -0.136. The number of hydrogen-bond acceptors (Lipinski definition) is 2. The maximum absolute atomic E-state index is 11.5. The van der Waals surface area contributed by atoms with E-state index in [1.807, 2.05) is 38.1 Å². The van der Waals surface area contributed by atoms with E-state index in [0.29, 0.717) is 11.4 Å². The molecule has 0 aliphatic carbocycles. The van der Waals surface area contributed by atoms with Crippen molar-refractivity contribution in [2.45, 2.75) is 30.4 Å². The third-order valence-corrected chi connectivity index (χ3v) is 4.52. The van der Waals surface area contributed by atoms with E-state index in [9.17, 15) is 9.90 Å². The zero-order valence-electron chi connectivity index (χ0n) is 12.0. The summed E-state index contributed by atoms with van der Waals surface area (Å²) in [6.45, 7) is 4.05. The fourth-order valence-corrected chi connectivity index (χ4v) is 3.38. The number of carbonyl (C=O) groups is 1. The quantitative estimate of drug-likeness (QED) is 0.808. The standard InChI is InChI=1S/C17H17ClO2S/c1-11-7-12(2)9-13(8-11)10-16(17(19)20)21-15-5-3-14(18)4-6-15/h3-9,16H,10H2,1-2H3,(H,19,20)/t16-/m1/s1. The van der Waals surface area contributed by atoms with Crippen LogP contribution in [0.5, 0.6) is 0 Å². The summed E-state index contributed by atoms with van der Waals surface area (Å²) in [6, 6.07) is 13.4. The molecule has 2 aromatic carbocycles. The van der Waals surface area contributed by atoms with E-state index in [4.69, 9.17) is 11.6 Å². The van der Waals surface area contributed by atoms with Crippen molar-refractivity contribution in [3.63, 3.8) is 0 Å². The van der Waals surface area contributed by atoms with Crippen molar-refractivity contribution in [3.05, 3.63) is 64.2 Å². The van der Waals surface area contributed by atoms with Gasteiger partial charge in [-0.15, -0.1) is 11.8 Å². The Balaban J connectivity index is 2.15. The summed E-state index contributed by atoms with van der Waals surface area (Å²) in [5, 5.41) is 9.59. The second-order valence-electron chi connectivity index (χ2n) is 5.10. The number of aryl methyl sites for hydroxylation is 2. The molecule has 0 bridgehead atoms. The molecular weight excluding hydrogens is 304 g/mol. The van der Waals surface area contributed by atoms with Crippen LogP contribution in [0.2, 0.25) is 5.02 Å². The minimum absolute atomic E-state index is 0.505. The predicted molar refractivity (Wildman–Crippen MR) is 88.4 cm³/mol. The van der Waals surface area contributed by atoms with Gasteiger partial charge in [-0.2, -0.15) is 0 Å².